The van der Waals surface area contributed by atoms with Crippen molar-refractivity contribution in [1.82, 2.24) is 4.98 Å². The third-order valence-electron chi connectivity index (χ3n) is 3.42. The van der Waals surface area contributed by atoms with Gasteiger partial charge in [-0.2, -0.15) is 5.26 Å². The van der Waals surface area contributed by atoms with Crippen molar-refractivity contribution >= 4 is 39.6 Å². The van der Waals surface area contributed by atoms with Gasteiger partial charge >= 0.3 is 5.97 Å². The van der Waals surface area contributed by atoms with Gasteiger partial charge in [0, 0.05) is 10.9 Å². The second kappa shape index (κ2) is 8.44. The Kier molecular flexibility index (Phi) is 5.80. The third kappa shape index (κ3) is 4.49. The van der Waals surface area contributed by atoms with Gasteiger partial charge in [-0.25, -0.2) is 9.78 Å². The minimum Gasteiger partial charge on any atom is -0.497 e. The number of aromatic nitrogens is 1. The summed E-state index contributed by atoms with van der Waals surface area (Å²) in [5, 5.41) is 15.8. The molecule has 0 aliphatic heterocycles. The van der Waals surface area contributed by atoms with Gasteiger partial charge in [-0.15, -0.1) is 22.7 Å². The molecule has 0 saturated heterocycles. The van der Waals surface area contributed by atoms with Crippen molar-refractivity contribution in [3.8, 4) is 22.4 Å². The molecule has 0 aliphatic rings. The van der Waals surface area contributed by atoms with E-state index >= 15 is 0 Å². The zero-order valence-electron chi connectivity index (χ0n) is 14.1. The molecule has 1 aromatic carbocycles. The molecule has 0 saturated carbocycles. The van der Waals surface area contributed by atoms with Crippen LogP contribution in [0.4, 0.5) is 5.00 Å². The predicted octanol–water partition coefficient (Wildman–Crippen LogP) is 3.55. The number of methoxy groups -OCH3 is 1. The van der Waals surface area contributed by atoms with Crippen LogP contribution in [0.5, 0.6) is 5.75 Å². The summed E-state index contributed by atoms with van der Waals surface area (Å²) < 4.78 is 10.1. The number of nitrogens with zero attached hydrogens (tertiary/aromatic N) is 2. The first-order valence-corrected chi connectivity index (χ1v) is 9.41. The second-order valence-corrected chi connectivity index (χ2v) is 6.94. The van der Waals surface area contributed by atoms with Gasteiger partial charge in [0.05, 0.1) is 12.7 Å². The number of hydrogen-bond acceptors (Lipinski definition) is 8. The molecule has 7 nitrogen and oxygen atoms in total. The maximum absolute atomic E-state index is 12.1. The lowest BCUT2D eigenvalue weighted by atomic mass is 10.2. The van der Waals surface area contributed by atoms with Crippen molar-refractivity contribution in [2.24, 2.45) is 0 Å². The molecule has 0 atom stereocenters. The Balaban J connectivity index is 1.57. The van der Waals surface area contributed by atoms with Crippen LogP contribution in [-0.4, -0.2) is 30.6 Å². The van der Waals surface area contributed by atoms with Crippen molar-refractivity contribution in [1.29, 1.82) is 5.26 Å². The van der Waals surface area contributed by atoms with Crippen LogP contribution in [0.3, 0.4) is 0 Å². The fraction of sp³-hybridized carbons (Fsp3) is 0.111. The largest absolute Gasteiger partial charge is 0.497 e. The molecular weight excluding hydrogens is 386 g/mol. The number of nitrogens with one attached hydrogen (secondary N) is 1. The maximum Gasteiger partial charge on any atom is 0.358 e. The molecule has 3 aromatic rings. The van der Waals surface area contributed by atoms with Gasteiger partial charge in [-0.1, -0.05) is 0 Å². The standard InChI is InChI=1S/C18H13N3O4S2/c1-24-13-4-2-11(3-5-13)16-20-14(10-27-16)18(23)25-9-15(22)21-17-12(8-19)6-7-26-17/h2-7,10H,9H2,1H3,(H,21,22). The Morgan fingerprint density at radius 3 is 2.70 bits per heavy atom. The monoisotopic (exact) mass is 399 g/mol. The molecule has 0 aliphatic carbocycles. The number of ether oxygens (including phenoxy) is 2. The van der Waals surface area contributed by atoms with Crippen molar-refractivity contribution in [3.63, 3.8) is 0 Å². The molecule has 3 rings (SSSR count). The van der Waals surface area contributed by atoms with E-state index in [0.29, 0.717) is 15.6 Å². The first kappa shape index (κ1) is 18.6. The highest BCUT2D eigenvalue weighted by Crippen LogP contribution is 2.26. The zero-order chi connectivity index (χ0) is 19.2. The molecule has 0 bridgehead atoms. The number of carbonyl (C=O) groups excluding carboxylic acids is 2. The molecule has 1 amide bonds. The highest BCUT2D eigenvalue weighted by Gasteiger charge is 2.16. The van der Waals surface area contributed by atoms with E-state index in [9.17, 15) is 9.59 Å². The molecule has 2 heterocycles. The quantitative estimate of drug-likeness (QED) is 0.636. The highest BCUT2D eigenvalue weighted by atomic mass is 32.1. The average Bonchev–Trinajstić information content (AvgIpc) is 3.35. The van der Waals surface area contributed by atoms with E-state index in [1.807, 2.05) is 18.2 Å². The first-order chi connectivity index (χ1) is 13.1. The first-order valence-electron chi connectivity index (χ1n) is 7.65. The van der Waals surface area contributed by atoms with Gasteiger partial charge in [0.2, 0.25) is 0 Å². The van der Waals surface area contributed by atoms with E-state index in [0.717, 1.165) is 11.3 Å². The summed E-state index contributed by atoms with van der Waals surface area (Å²) in [6.45, 7) is -0.461. The molecule has 0 unspecified atom stereocenters. The summed E-state index contributed by atoms with van der Waals surface area (Å²) in [7, 11) is 1.59. The molecule has 0 radical (unpaired) electrons. The average molecular weight is 399 g/mol. The Morgan fingerprint density at radius 1 is 1.22 bits per heavy atom. The maximum atomic E-state index is 12.1. The lowest BCUT2D eigenvalue weighted by molar-refractivity contribution is -0.119. The number of anilines is 1. The Bertz CT molecular complexity index is 1000. The number of thiazole rings is 1. The van der Waals surface area contributed by atoms with Crippen LogP contribution in [0.15, 0.2) is 41.1 Å². The van der Waals surface area contributed by atoms with E-state index in [4.69, 9.17) is 14.7 Å². The lowest BCUT2D eigenvalue weighted by Crippen LogP contribution is -2.21. The molecule has 0 fully saturated rings. The normalized spacial score (nSPS) is 10.1. The number of rotatable bonds is 6. The van der Waals surface area contributed by atoms with Crippen LogP contribution in [0, 0.1) is 11.3 Å². The summed E-state index contributed by atoms with van der Waals surface area (Å²) >= 11 is 2.52. The molecule has 2 aromatic heterocycles. The van der Waals surface area contributed by atoms with Crippen LogP contribution in [0.1, 0.15) is 16.1 Å². The minimum absolute atomic E-state index is 0.132. The number of benzene rings is 1. The SMILES string of the molecule is COc1ccc(-c2nc(C(=O)OCC(=O)Nc3sccc3C#N)cs2)cc1. The Morgan fingerprint density at radius 2 is 2.00 bits per heavy atom. The van der Waals surface area contributed by atoms with E-state index in [1.54, 1.807) is 36.1 Å². The second-order valence-electron chi connectivity index (χ2n) is 5.17. The smallest absolute Gasteiger partial charge is 0.358 e. The fourth-order valence-corrected chi connectivity index (χ4v) is 3.64. The van der Waals surface area contributed by atoms with Crippen molar-refractivity contribution in [2.75, 3.05) is 19.0 Å². The number of carbonyl (C=O) groups is 2. The van der Waals surface area contributed by atoms with Crippen molar-refractivity contribution in [2.45, 2.75) is 0 Å². The lowest BCUT2D eigenvalue weighted by Gasteiger charge is -2.04. The van der Waals surface area contributed by atoms with E-state index < -0.39 is 18.5 Å². The van der Waals surface area contributed by atoms with Gasteiger partial charge in [0.25, 0.3) is 5.91 Å². The topological polar surface area (TPSA) is 101 Å². The van der Waals surface area contributed by atoms with Gasteiger partial charge in [-0.3, -0.25) is 4.79 Å². The highest BCUT2D eigenvalue weighted by molar-refractivity contribution is 7.14. The number of hydrogen-bond donors (Lipinski definition) is 1. The molecule has 27 heavy (non-hydrogen) atoms. The zero-order valence-corrected chi connectivity index (χ0v) is 15.7. The van der Waals surface area contributed by atoms with Crippen molar-refractivity contribution < 1.29 is 19.1 Å². The number of esters is 1. The summed E-state index contributed by atoms with van der Waals surface area (Å²) in [5.41, 5.74) is 1.34. The fourth-order valence-electron chi connectivity index (χ4n) is 2.10. The molecule has 136 valence electrons. The molecule has 0 spiro atoms. The van der Waals surface area contributed by atoms with Crippen LogP contribution in [0.2, 0.25) is 0 Å². The third-order valence-corrected chi connectivity index (χ3v) is 5.14. The van der Waals surface area contributed by atoms with Crippen molar-refractivity contribution in [3.05, 3.63) is 52.3 Å². The summed E-state index contributed by atoms with van der Waals surface area (Å²) in [6, 6.07) is 10.9. The number of thiophene rings is 1. The Labute approximate surface area is 162 Å². The molecule has 1 N–H and O–H groups in total. The van der Waals surface area contributed by atoms with E-state index in [2.05, 4.69) is 10.3 Å². The van der Waals surface area contributed by atoms with Gasteiger partial charge in [0.1, 0.15) is 21.8 Å². The van der Waals surface area contributed by atoms with Crippen LogP contribution in [-0.2, 0) is 9.53 Å². The molecule has 9 heteroatoms. The van der Waals surface area contributed by atoms with Gasteiger partial charge in [-0.05, 0) is 35.7 Å². The molecular formula is C18H13N3O4S2. The predicted molar refractivity (Wildman–Crippen MR) is 102 cm³/mol. The van der Waals surface area contributed by atoms with E-state index in [-0.39, 0.29) is 5.69 Å². The van der Waals surface area contributed by atoms with Crippen LogP contribution in [0.25, 0.3) is 10.6 Å². The van der Waals surface area contributed by atoms with Crippen LogP contribution >= 0.6 is 22.7 Å². The summed E-state index contributed by atoms with van der Waals surface area (Å²) in [4.78, 5) is 28.2. The number of nitriles is 1. The summed E-state index contributed by atoms with van der Waals surface area (Å²) in [6.07, 6.45) is 0. The summed E-state index contributed by atoms with van der Waals surface area (Å²) in [5.74, 6) is -0.480. The number of amides is 1. The van der Waals surface area contributed by atoms with E-state index in [1.165, 1.54) is 22.7 Å². The van der Waals surface area contributed by atoms with Gasteiger partial charge < -0.3 is 14.8 Å². The Hall–Kier alpha value is -3.22. The van der Waals surface area contributed by atoms with Gasteiger partial charge in [0.15, 0.2) is 12.3 Å². The minimum atomic E-state index is -0.687. The van der Waals surface area contributed by atoms with Crippen LogP contribution < -0.4 is 10.1 Å².